The highest BCUT2D eigenvalue weighted by molar-refractivity contribution is 6.01. The summed E-state index contributed by atoms with van der Waals surface area (Å²) in [6.07, 6.45) is 2.56. The zero-order chi connectivity index (χ0) is 23.2. The van der Waals surface area contributed by atoms with Crippen molar-refractivity contribution < 1.29 is 19.1 Å². The first-order valence-electron chi connectivity index (χ1n) is 11.8. The lowest BCUT2D eigenvalue weighted by Crippen LogP contribution is -2.40. The molecule has 2 saturated heterocycles. The van der Waals surface area contributed by atoms with Crippen LogP contribution >= 0.6 is 0 Å². The Morgan fingerprint density at radius 2 is 1.85 bits per heavy atom. The fourth-order valence-corrected chi connectivity index (χ4v) is 4.75. The SMILES string of the molecule is CCOc1ccccc1N1CC(C(=O)NCC(c2ccc(OC)cc2)N2CCCC2)CC1=O. The predicted octanol–water partition coefficient (Wildman–Crippen LogP) is 3.40. The van der Waals surface area contributed by atoms with E-state index in [1.807, 2.05) is 43.3 Å². The fraction of sp³-hybridized carbons (Fsp3) is 0.462. The third-order valence-electron chi connectivity index (χ3n) is 6.50. The van der Waals surface area contributed by atoms with Crippen LogP contribution in [0.3, 0.4) is 0 Å². The Hall–Kier alpha value is -3.06. The summed E-state index contributed by atoms with van der Waals surface area (Å²) in [5.41, 5.74) is 1.89. The molecule has 2 heterocycles. The van der Waals surface area contributed by atoms with Crippen molar-refractivity contribution in [3.05, 3.63) is 54.1 Å². The molecule has 1 N–H and O–H groups in total. The van der Waals surface area contributed by atoms with Gasteiger partial charge in [-0.15, -0.1) is 0 Å². The number of hydrogen-bond donors (Lipinski definition) is 1. The maximum Gasteiger partial charge on any atom is 0.227 e. The summed E-state index contributed by atoms with van der Waals surface area (Å²) in [7, 11) is 1.66. The maximum absolute atomic E-state index is 13.1. The van der Waals surface area contributed by atoms with Crippen molar-refractivity contribution in [3.63, 3.8) is 0 Å². The Morgan fingerprint density at radius 3 is 2.55 bits per heavy atom. The molecule has 7 heteroatoms. The highest BCUT2D eigenvalue weighted by atomic mass is 16.5. The van der Waals surface area contributed by atoms with Gasteiger partial charge in [-0.2, -0.15) is 0 Å². The number of carbonyl (C=O) groups is 2. The van der Waals surface area contributed by atoms with E-state index >= 15 is 0 Å². The second kappa shape index (κ2) is 10.7. The Kier molecular flexibility index (Phi) is 7.50. The topological polar surface area (TPSA) is 71.1 Å². The lowest BCUT2D eigenvalue weighted by Gasteiger charge is -2.28. The molecule has 0 bridgehead atoms. The van der Waals surface area contributed by atoms with E-state index in [2.05, 4.69) is 22.3 Å². The number of hydrogen-bond acceptors (Lipinski definition) is 5. The van der Waals surface area contributed by atoms with Crippen LogP contribution in [0, 0.1) is 5.92 Å². The van der Waals surface area contributed by atoms with Gasteiger partial charge in [0.15, 0.2) is 0 Å². The van der Waals surface area contributed by atoms with Gasteiger partial charge in [-0.1, -0.05) is 24.3 Å². The average molecular weight is 452 g/mol. The van der Waals surface area contributed by atoms with E-state index in [4.69, 9.17) is 9.47 Å². The summed E-state index contributed by atoms with van der Waals surface area (Å²) in [6.45, 7) is 5.37. The van der Waals surface area contributed by atoms with Crippen LogP contribution in [0.4, 0.5) is 5.69 Å². The van der Waals surface area contributed by atoms with Crippen LogP contribution in [0.15, 0.2) is 48.5 Å². The number of likely N-dealkylation sites (tertiary alicyclic amines) is 1. The van der Waals surface area contributed by atoms with Gasteiger partial charge in [0.2, 0.25) is 11.8 Å². The number of amides is 2. The number of methoxy groups -OCH3 is 1. The van der Waals surface area contributed by atoms with E-state index in [1.54, 1.807) is 12.0 Å². The second-order valence-electron chi connectivity index (χ2n) is 8.58. The molecule has 0 saturated carbocycles. The molecule has 33 heavy (non-hydrogen) atoms. The molecule has 0 aliphatic carbocycles. The van der Waals surface area contributed by atoms with Gasteiger partial charge >= 0.3 is 0 Å². The molecule has 7 nitrogen and oxygen atoms in total. The van der Waals surface area contributed by atoms with E-state index in [1.165, 1.54) is 12.8 Å². The Morgan fingerprint density at radius 1 is 1.12 bits per heavy atom. The van der Waals surface area contributed by atoms with Crippen molar-refractivity contribution >= 4 is 17.5 Å². The Labute approximate surface area is 195 Å². The van der Waals surface area contributed by atoms with Crippen LogP contribution < -0.4 is 19.7 Å². The Balaban J connectivity index is 1.42. The van der Waals surface area contributed by atoms with Crippen molar-refractivity contribution in [1.82, 2.24) is 10.2 Å². The summed E-state index contributed by atoms with van der Waals surface area (Å²) >= 11 is 0. The van der Waals surface area contributed by atoms with E-state index in [0.717, 1.165) is 30.1 Å². The number of benzene rings is 2. The van der Waals surface area contributed by atoms with Gasteiger partial charge in [0.25, 0.3) is 0 Å². The molecular formula is C26H33N3O4. The summed E-state index contributed by atoms with van der Waals surface area (Å²) in [6, 6.07) is 15.7. The quantitative estimate of drug-likeness (QED) is 0.633. The molecular weight excluding hydrogens is 418 g/mol. The largest absolute Gasteiger partial charge is 0.497 e. The van der Waals surface area contributed by atoms with E-state index in [9.17, 15) is 9.59 Å². The average Bonchev–Trinajstić information content (AvgIpc) is 3.50. The van der Waals surface area contributed by atoms with Crippen molar-refractivity contribution in [2.24, 2.45) is 5.92 Å². The van der Waals surface area contributed by atoms with Gasteiger partial charge in [-0.3, -0.25) is 14.5 Å². The minimum absolute atomic E-state index is 0.0476. The lowest BCUT2D eigenvalue weighted by atomic mass is 10.0. The van der Waals surface area contributed by atoms with Crippen molar-refractivity contribution in [3.8, 4) is 11.5 Å². The molecule has 0 radical (unpaired) electrons. The number of rotatable bonds is 9. The van der Waals surface area contributed by atoms with Crippen LogP contribution in [-0.4, -0.2) is 56.6 Å². The predicted molar refractivity (Wildman–Crippen MR) is 128 cm³/mol. The number of anilines is 1. The number of carbonyl (C=O) groups excluding carboxylic acids is 2. The van der Waals surface area contributed by atoms with Crippen LogP contribution in [0.5, 0.6) is 11.5 Å². The van der Waals surface area contributed by atoms with Crippen LogP contribution in [0.25, 0.3) is 0 Å². The maximum atomic E-state index is 13.1. The minimum Gasteiger partial charge on any atom is -0.497 e. The molecule has 2 aromatic carbocycles. The van der Waals surface area contributed by atoms with Gasteiger partial charge in [0.05, 0.1) is 31.4 Å². The molecule has 0 aromatic heterocycles. The first-order chi connectivity index (χ1) is 16.1. The number of nitrogens with zero attached hydrogens (tertiary/aromatic N) is 2. The molecule has 2 amide bonds. The zero-order valence-corrected chi connectivity index (χ0v) is 19.5. The molecule has 176 valence electrons. The summed E-state index contributed by atoms with van der Waals surface area (Å²) in [4.78, 5) is 29.9. The summed E-state index contributed by atoms with van der Waals surface area (Å²) in [5, 5.41) is 3.14. The van der Waals surface area contributed by atoms with Crippen LogP contribution in [0.1, 0.15) is 37.8 Å². The molecule has 2 aromatic rings. The van der Waals surface area contributed by atoms with Gasteiger partial charge in [0, 0.05) is 19.5 Å². The first kappa shape index (κ1) is 23.1. The Bertz CT molecular complexity index is 956. The van der Waals surface area contributed by atoms with E-state index < -0.39 is 0 Å². The van der Waals surface area contributed by atoms with Crippen molar-refractivity contribution in [2.75, 3.05) is 44.8 Å². The normalized spacial score (nSPS) is 19.5. The van der Waals surface area contributed by atoms with E-state index in [0.29, 0.717) is 25.4 Å². The van der Waals surface area contributed by atoms with Crippen LogP contribution in [-0.2, 0) is 9.59 Å². The monoisotopic (exact) mass is 451 g/mol. The first-order valence-corrected chi connectivity index (χ1v) is 11.8. The minimum atomic E-state index is -0.373. The molecule has 2 aliphatic heterocycles. The highest BCUT2D eigenvalue weighted by Gasteiger charge is 2.36. The standard InChI is InChI=1S/C26H33N3O4/c1-3-33-24-9-5-4-8-22(24)29-18-20(16-25(29)30)26(31)27-17-23(28-14-6-7-15-28)19-10-12-21(32-2)13-11-19/h4-5,8-13,20,23H,3,6-7,14-18H2,1-2H3,(H,27,31). The number of para-hydroxylation sites is 2. The lowest BCUT2D eigenvalue weighted by molar-refractivity contribution is -0.126. The smallest absolute Gasteiger partial charge is 0.227 e. The van der Waals surface area contributed by atoms with Crippen molar-refractivity contribution in [1.29, 1.82) is 0 Å². The molecule has 2 unspecified atom stereocenters. The van der Waals surface area contributed by atoms with E-state index in [-0.39, 0.29) is 30.2 Å². The highest BCUT2D eigenvalue weighted by Crippen LogP contribution is 2.33. The molecule has 0 spiro atoms. The van der Waals surface area contributed by atoms with Crippen LogP contribution in [0.2, 0.25) is 0 Å². The summed E-state index contributed by atoms with van der Waals surface area (Å²) < 4.78 is 11.0. The fourth-order valence-electron chi connectivity index (χ4n) is 4.75. The van der Waals surface area contributed by atoms with Gasteiger partial charge < -0.3 is 19.7 Å². The number of ether oxygens (including phenoxy) is 2. The molecule has 2 aliphatic rings. The zero-order valence-electron chi connectivity index (χ0n) is 19.5. The summed E-state index contributed by atoms with van der Waals surface area (Å²) in [5.74, 6) is 0.996. The molecule has 4 rings (SSSR count). The molecule has 2 fully saturated rings. The number of nitrogens with one attached hydrogen (secondary N) is 1. The van der Waals surface area contributed by atoms with Gasteiger partial charge in [-0.05, 0) is 62.7 Å². The van der Waals surface area contributed by atoms with Crippen molar-refractivity contribution in [2.45, 2.75) is 32.2 Å². The second-order valence-corrected chi connectivity index (χ2v) is 8.58. The third kappa shape index (κ3) is 5.30. The van der Waals surface area contributed by atoms with Gasteiger partial charge in [0.1, 0.15) is 11.5 Å². The molecule has 2 atom stereocenters. The van der Waals surface area contributed by atoms with Gasteiger partial charge in [-0.25, -0.2) is 0 Å². The third-order valence-corrected chi connectivity index (χ3v) is 6.50.